The molecule has 0 aromatic heterocycles. The van der Waals surface area contributed by atoms with Crippen molar-refractivity contribution >= 4 is 21.6 Å². The zero-order valence-corrected chi connectivity index (χ0v) is 16.9. The maximum absolute atomic E-state index is 12.6. The van der Waals surface area contributed by atoms with Gasteiger partial charge in [0.1, 0.15) is 0 Å². The third-order valence-corrected chi connectivity index (χ3v) is 5.82. The molecule has 0 bridgehead atoms. The Hall–Kier alpha value is -2.38. The highest BCUT2D eigenvalue weighted by molar-refractivity contribution is 7.92. The number of quaternary nitrogens is 1. The first-order valence-electron chi connectivity index (χ1n) is 9.17. The number of carbonyl (C=O) groups is 1. The molecular weight excluding hydrogens is 362 g/mol. The van der Waals surface area contributed by atoms with E-state index in [2.05, 4.69) is 23.9 Å². The fourth-order valence-electron chi connectivity index (χ4n) is 2.79. The molecule has 2 aromatic rings. The van der Waals surface area contributed by atoms with Gasteiger partial charge in [-0.1, -0.05) is 18.2 Å². The SMILES string of the molecule is CC[NH+](CC)CCNC(=O)c1cccc(S(=O)(=O)Nc2cccc(C)c2)c1. The third kappa shape index (κ3) is 6.08. The number of rotatable bonds is 9. The van der Waals surface area contributed by atoms with Crippen molar-refractivity contribution in [2.24, 2.45) is 0 Å². The Morgan fingerprint density at radius 2 is 1.74 bits per heavy atom. The molecule has 2 aromatic carbocycles. The second kappa shape index (κ2) is 9.53. The highest BCUT2D eigenvalue weighted by atomic mass is 32.2. The number of hydrogen-bond donors (Lipinski definition) is 3. The Labute approximate surface area is 161 Å². The third-order valence-electron chi connectivity index (χ3n) is 4.44. The van der Waals surface area contributed by atoms with E-state index in [9.17, 15) is 13.2 Å². The molecule has 0 saturated heterocycles. The van der Waals surface area contributed by atoms with E-state index in [1.54, 1.807) is 30.3 Å². The van der Waals surface area contributed by atoms with Gasteiger partial charge in [-0.15, -0.1) is 0 Å². The smallest absolute Gasteiger partial charge is 0.261 e. The fourth-order valence-corrected chi connectivity index (χ4v) is 3.88. The Morgan fingerprint density at radius 1 is 1.04 bits per heavy atom. The minimum atomic E-state index is -3.76. The van der Waals surface area contributed by atoms with E-state index in [-0.39, 0.29) is 10.8 Å². The molecular formula is C20H28N3O3S+. The van der Waals surface area contributed by atoms with E-state index in [1.807, 2.05) is 13.0 Å². The number of carbonyl (C=O) groups excluding carboxylic acids is 1. The highest BCUT2D eigenvalue weighted by Gasteiger charge is 2.17. The molecule has 3 N–H and O–H groups in total. The predicted molar refractivity (Wildman–Crippen MR) is 108 cm³/mol. The van der Waals surface area contributed by atoms with Crippen LogP contribution in [0.2, 0.25) is 0 Å². The number of amides is 1. The van der Waals surface area contributed by atoms with Crippen molar-refractivity contribution in [2.45, 2.75) is 25.7 Å². The number of benzene rings is 2. The zero-order valence-electron chi connectivity index (χ0n) is 16.1. The Morgan fingerprint density at radius 3 is 2.41 bits per heavy atom. The van der Waals surface area contributed by atoms with Crippen LogP contribution in [0.15, 0.2) is 53.4 Å². The van der Waals surface area contributed by atoms with Crippen molar-refractivity contribution in [2.75, 3.05) is 30.9 Å². The minimum Gasteiger partial charge on any atom is -0.346 e. The molecule has 0 aliphatic rings. The summed E-state index contributed by atoms with van der Waals surface area (Å²) in [6.07, 6.45) is 0. The number of sulfonamides is 1. The van der Waals surface area contributed by atoms with Gasteiger partial charge in [-0.2, -0.15) is 0 Å². The first-order valence-corrected chi connectivity index (χ1v) is 10.7. The normalized spacial score (nSPS) is 11.4. The van der Waals surface area contributed by atoms with Gasteiger partial charge in [-0.25, -0.2) is 8.42 Å². The number of nitrogens with one attached hydrogen (secondary N) is 3. The Bertz CT molecular complexity index is 878. The summed E-state index contributed by atoms with van der Waals surface area (Å²) < 4.78 is 27.8. The molecule has 0 unspecified atom stereocenters. The van der Waals surface area contributed by atoms with Crippen LogP contribution in [-0.4, -0.2) is 40.5 Å². The van der Waals surface area contributed by atoms with Gasteiger partial charge in [0, 0.05) is 11.3 Å². The van der Waals surface area contributed by atoms with Crippen molar-refractivity contribution in [3.05, 3.63) is 59.7 Å². The molecule has 2 rings (SSSR count). The molecule has 0 radical (unpaired) electrons. The van der Waals surface area contributed by atoms with Crippen LogP contribution >= 0.6 is 0 Å². The lowest BCUT2D eigenvalue weighted by Gasteiger charge is -2.15. The minimum absolute atomic E-state index is 0.0611. The van der Waals surface area contributed by atoms with Crippen molar-refractivity contribution in [1.82, 2.24) is 5.32 Å². The fraction of sp³-hybridized carbons (Fsp3) is 0.350. The summed E-state index contributed by atoms with van der Waals surface area (Å²) in [6, 6.07) is 13.2. The average Bonchev–Trinajstić information content (AvgIpc) is 2.65. The van der Waals surface area contributed by atoms with Crippen LogP contribution in [0.25, 0.3) is 0 Å². The quantitative estimate of drug-likeness (QED) is 0.606. The summed E-state index contributed by atoms with van der Waals surface area (Å²) in [5, 5.41) is 2.86. The van der Waals surface area contributed by atoms with Crippen molar-refractivity contribution in [1.29, 1.82) is 0 Å². The van der Waals surface area contributed by atoms with Gasteiger partial charge < -0.3 is 10.2 Å². The molecule has 146 valence electrons. The zero-order chi connectivity index (χ0) is 19.9. The van der Waals surface area contributed by atoms with Gasteiger partial charge in [-0.3, -0.25) is 9.52 Å². The second-order valence-corrected chi connectivity index (χ2v) is 8.15. The van der Waals surface area contributed by atoms with Crippen molar-refractivity contribution in [3.8, 4) is 0 Å². The number of aryl methyl sites for hydroxylation is 1. The average molecular weight is 391 g/mol. The van der Waals surface area contributed by atoms with E-state index in [0.717, 1.165) is 25.2 Å². The van der Waals surface area contributed by atoms with Gasteiger partial charge in [0.25, 0.3) is 15.9 Å². The molecule has 27 heavy (non-hydrogen) atoms. The number of likely N-dealkylation sites (N-methyl/N-ethyl adjacent to an activating group) is 1. The summed E-state index contributed by atoms with van der Waals surface area (Å²) in [5.41, 5.74) is 1.78. The molecule has 0 heterocycles. The summed E-state index contributed by atoms with van der Waals surface area (Å²) in [6.45, 7) is 9.50. The molecule has 0 aliphatic heterocycles. The molecule has 1 amide bonds. The van der Waals surface area contributed by atoms with Gasteiger partial charge in [0.15, 0.2) is 0 Å². The van der Waals surface area contributed by atoms with Gasteiger partial charge in [-0.05, 0) is 56.7 Å². The Kier molecular flexibility index (Phi) is 7.38. The maximum atomic E-state index is 12.6. The number of anilines is 1. The van der Waals surface area contributed by atoms with Crippen LogP contribution in [0.3, 0.4) is 0 Å². The van der Waals surface area contributed by atoms with Crippen LogP contribution in [0.4, 0.5) is 5.69 Å². The molecule has 0 saturated carbocycles. The van der Waals surface area contributed by atoms with E-state index in [0.29, 0.717) is 17.8 Å². The lowest BCUT2D eigenvalue weighted by Crippen LogP contribution is -3.12. The molecule has 0 aliphatic carbocycles. The van der Waals surface area contributed by atoms with Gasteiger partial charge in [0.2, 0.25) is 0 Å². The first-order chi connectivity index (χ1) is 12.9. The Balaban J connectivity index is 2.08. The first kappa shape index (κ1) is 20.9. The van der Waals surface area contributed by atoms with Gasteiger partial charge >= 0.3 is 0 Å². The van der Waals surface area contributed by atoms with E-state index in [4.69, 9.17) is 0 Å². The van der Waals surface area contributed by atoms with Crippen LogP contribution in [0.5, 0.6) is 0 Å². The molecule has 6 nitrogen and oxygen atoms in total. The highest BCUT2D eigenvalue weighted by Crippen LogP contribution is 2.18. The van der Waals surface area contributed by atoms with Crippen molar-refractivity contribution in [3.63, 3.8) is 0 Å². The number of hydrogen-bond acceptors (Lipinski definition) is 3. The van der Waals surface area contributed by atoms with Crippen LogP contribution in [0, 0.1) is 6.92 Å². The second-order valence-electron chi connectivity index (χ2n) is 6.47. The van der Waals surface area contributed by atoms with Gasteiger partial charge in [0.05, 0.1) is 31.1 Å². The molecule has 0 spiro atoms. The maximum Gasteiger partial charge on any atom is 0.261 e. The lowest BCUT2D eigenvalue weighted by atomic mass is 10.2. The molecule has 0 fully saturated rings. The van der Waals surface area contributed by atoms with E-state index < -0.39 is 10.0 Å². The summed E-state index contributed by atoms with van der Waals surface area (Å²) >= 11 is 0. The largest absolute Gasteiger partial charge is 0.346 e. The standard InChI is InChI=1S/C20H27N3O3S/c1-4-23(5-2)13-12-21-20(24)17-9-7-11-19(15-17)27(25,26)22-18-10-6-8-16(3)14-18/h6-11,14-15,22H,4-5,12-13H2,1-3H3,(H,21,24)/p+1. The summed E-state index contributed by atoms with van der Waals surface area (Å²) in [5.74, 6) is -0.269. The van der Waals surface area contributed by atoms with E-state index in [1.165, 1.54) is 17.0 Å². The van der Waals surface area contributed by atoms with Crippen LogP contribution < -0.4 is 14.9 Å². The summed E-state index contributed by atoms with van der Waals surface area (Å²) in [4.78, 5) is 13.8. The van der Waals surface area contributed by atoms with Crippen molar-refractivity contribution < 1.29 is 18.1 Å². The van der Waals surface area contributed by atoms with E-state index >= 15 is 0 Å². The lowest BCUT2D eigenvalue weighted by molar-refractivity contribution is -0.895. The topological polar surface area (TPSA) is 79.7 Å². The van der Waals surface area contributed by atoms with Crippen LogP contribution in [0.1, 0.15) is 29.8 Å². The molecule has 7 heteroatoms. The molecule has 0 atom stereocenters. The van der Waals surface area contributed by atoms with Crippen LogP contribution in [-0.2, 0) is 10.0 Å². The predicted octanol–water partition coefficient (Wildman–Crippen LogP) is 1.45. The monoisotopic (exact) mass is 390 g/mol. The summed E-state index contributed by atoms with van der Waals surface area (Å²) in [7, 11) is -3.76.